The van der Waals surface area contributed by atoms with E-state index < -0.39 is 12.2 Å². The number of hydrogen-bond donors (Lipinski definition) is 3. The van der Waals surface area contributed by atoms with Crippen LogP contribution in [0.4, 0.5) is 0 Å². The number of rotatable bonds is 9. The van der Waals surface area contributed by atoms with Gasteiger partial charge in [-0.25, -0.2) is 0 Å². The monoisotopic (exact) mass is 386 g/mol. The van der Waals surface area contributed by atoms with Crippen LogP contribution in [0.25, 0.3) is 6.08 Å². The van der Waals surface area contributed by atoms with E-state index in [2.05, 4.69) is 19.6 Å². The van der Waals surface area contributed by atoms with Crippen molar-refractivity contribution < 1.29 is 15.3 Å². The molecular weight excluding hydrogens is 356 g/mol. The molecule has 4 heteroatoms. The molecule has 0 saturated heterocycles. The number of phenols is 1. The number of benzene rings is 1. The van der Waals surface area contributed by atoms with E-state index in [9.17, 15) is 15.3 Å². The summed E-state index contributed by atoms with van der Waals surface area (Å²) in [6.45, 7) is 9.70. The summed E-state index contributed by atoms with van der Waals surface area (Å²) in [7, 11) is 0. The molecule has 3 nitrogen and oxygen atoms in total. The number of phenolic OH excluding ortho intramolecular Hbond substituents is 1. The van der Waals surface area contributed by atoms with Crippen molar-refractivity contribution in [3.8, 4) is 5.75 Å². The van der Waals surface area contributed by atoms with Crippen molar-refractivity contribution in [2.45, 2.75) is 52.2 Å². The quantitative estimate of drug-likeness (QED) is 0.496. The number of thiophene rings is 1. The molecule has 0 saturated carbocycles. The van der Waals surface area contributed by atoms with E-state index in [0.717, 1.165) is 34.4 Å². The summed E-state index contributed by atoms with van der Waals surface area (Å²) in [6.07, 6.45) is 4.60. The third-order valence-corrected chi connectivity index (χ3v) is 5.96. The molecule has 2 rings (SSSR count). The molecule has 0 aliphatic heterocycles. The Kier molecular flexibility index (Phi) is 7.84. The number of hydrogen-bond acceptors (Lipinski definition) is 4. The average molecular weight is 387 g/mol. The molecule has 0 unspecified atom stereocenters. The Morgan fingerprint density at radius 1 is 1.22 bits per heavy atom. The highest BCUT2D eigenvalue weighted by atomic mass is 32.1. The van der Waals surface area contributed by atoms with Gasteiger partial charge in [0.2, 0.25) is 0 Å². The lowest BCUT2D eigenvalue weighted by Gasteiger charge is -2.24. The summed E-state index contributed by atoms with van der Waals surface area (Å²) in [4.78, 5) is 0.847. The van der Waals surface area contributed by atoms with Crippen molar-refractivity contribution in [2.75, 3.05) is 0 Å². The van der Waals surface area contributed by atoms with Gasteiger partial charge in [0.25, 0.3) is 0 Å². The molecular formula is C23H30O3S. The van der Waals surface area contributed by atoms with Gasteiger partial charge >= 0.3 is 0 Å². The molecule has 1 aromatic heterocycles. The fourth-order valence-electron chi connectivity index (χ4n) is 3.33. The van der Waals surface area contributed by atoms with Crippen LogP contribution >= 0.6 is 11.3 Å². The minimum Gasteiger partial charge on any atom is -0.507 e. The molecule has 0 bridgehead atoms. The first-order valence-electron chi connectivity index (χ1n) is 9.39. The largest absolute Gasteiger partial charge is 0.507 e. The lowest BCUT2D eigenvalue weighted by atomic mass is 9.90. The van der Waals surface area contributed by atoms with E-state index in [-0.39, 0.29) is 5.92 Å². The number of aryl methyl sites for hydroxylation is 2. The van der Waals surface area contributed by atoms with E-state index in [1.165, 1.54) is 16.9 Å². The predicted octanol–water partition coefficient (Wildman–Crippen LogP) is 5.54. The molecule has 0 spiro atoms. The SMILES string of the molecule is C=C[C@H]([C@H](O)CC/C(=C/c1cc(C)c(O)c(C)c1)CC)[C@H](O)c1cccs1. The van der Waals surface area contributed by atoms with Gasteiger partial charge in [0.05, 0.1) is 12.2 Å². The van der Waals surface area contributed by atoms with Crippen LogP contribution < -0.4 is 0 Å². The Morgan fingerprint density at radius 3 is 2.41 bits per heavy atom. The van der Waals surface area contributed by atoms with Crippen molar-refractivity contribution in [1.29, 1.82) is 0 Å². The predicted molar refractivity (Wildman–Crippen MR) is 114 cm³/mol. The Hall–Kier alpha value is -1.88. The van der Waals surface area contributed by atoms with Gasteiger partial charge in [-0.3, -0.25) is 0 Å². The highest BCUT2D eigenvalue weighted by molar-refractivity contribution is 7.10. The molecule has 0 radical (unpaired) electrons. The van der Waals surface area contributed by atoms with Gasteiger partial charge in [0.15, 0.2) is 0 Å². The normalized spacial score (nSPS) is 15.4. The van der Waals surface area contributed by atoms with Gasteiger partial charge in [-0.05, 0) is 73.4 Å². The number of aliphatic hydroxyl groups is 2. The Morgan fingerprint density at radius 2 is 1.89 bits per heavy atom. The van der Waals surface area contributed by atoms with Crippen LogP contribution in [0, 0.1) is 19.8 Å². The Bertz CT molecular complexity index is 754. The highest BCUT2D eigenvalue weighted by Gasteiger charge is 2.26. The molecule has 0 aliphatic rings. The first-order valence-corrected chi connectivity index (χ1v) is 10.3. The van der Waals surface area contributed by atoms with Gasteiger partial charge in [0.1, 0.15) is 5.75 Å². The Labute approximate surface area is 166 Å². The third kappa shape index (κ3) is 5.55. The highest BCUT2D eigenvalue weighted by Crippen LogP contribution is 2.31. The van der Waals surface area contributed by atoms with E-state index in [1.54, 1.807) is 6.08 Å². The van der Waals surface area contributed by atoms with E-state index in [4.69, 9.17) is 0 Å². The van der Waals surface area contributed by atoms with Crippen molar-refractivity contribution in [1.82, 2.24) is 0 Å². The topological polar surface area (TPSA) is 60.7 Å². The lowest BCUT2D eigenvalue weighted by molar-refractivity contribution is 0.0336. The van der Waals surface area contributed by atoms with E-state index in [0.29, 0.717) is 12.2 Å². The fraction of sp³-hybridized carbons (Fsp3) is 0.391. The molecule has 0 fully saturated rings. The van der Waals surface area contributed by atoms with Crippen molar-refractivity contribution >= 4 is 17.4 Å². The molecule has 27 heavy (non-hydrogen) atoms. The smallest absolute Gasteiger partial charge is 0.121 e. The van der Waals surface area contributed by atoms with Gasteiger partial charge in [-0.2, -0.15) is 0 Å². The fourth-order valence-corrected chi connectivity index (χ4v) is 4.10. The molecule has 3 atom stereocenters. The maximum absolute atomic E-state index is 10.6. The van der Waals surface area contributed by atoms with Crippen molar-refractivity contribution in [2.24, 2.45) is 5.92 Å². The van der Waals surface area contributed by atoms with Crippen molar-refractivity contribution in [3.05, 3.63) is 69.4 Å². The second kappa shape index (κ2) is 9.88. The molecule has 0 amide bonds. The van der Waals surface area contributed by atoms with Crippen LogP contribution in [0.2, 0.25) is 0 Å². The lowest BCUT2D eigenvalue weighted by Crippen LogP contribution is -2.24. The van der Waals surface area contributed by atoms with Gasteiger partial charge in [-0.1, -0.05) is 30.7 Å². The minimum absolute atomic E-state index is 0.344. The zero-order valence-corrected chi connectivity index (χ0v) is 17.2. The molecule has 1 aromatic carbocycles. The molecule has 1 heterocycles. The number of aromatic hydroxyl groups is 1. The second-order valence-electron chi connectivity index (χ2n) is 7.04. The zero-order chi connectivity index (χ0) is 20.0. The molecule has 3 N–H and O–H groups in total. The van der Waals surface area contributed by atoms with Crippen LogP contribution in [0.1, 0.15) is 53.9 Å². The standard InChI is InChI=1S/C23H30O3S/c1-5-17(14-18-12-15(3)22(25)16(4)13-18)9-10-20(24)19(6-2)23(26)21-8-7-11-27-21/h6-8,11-14,19-20,23-26H,2,5,9-10H2,1,3-4H3/b17-14+/t19-,20-,23+/m1/s1. The zero-order valence-electron chi connectivity index (χ0n) is 16.4. The summed E-state index contributed by atoms with van der Waals surface area (Å²) in [5, 5.41) is 33.0. The maximum atomic E-state index is 10.6. The van der Waals surface area contributed by atoms with E-state index >= 15 is 0 Å². The molecule has 2 aromatic rings. The maximum Gasteiger partial charge on any atom is 0.121 e. The van der Waals surface area contributed by atoms with Crippen LogP contribution in [0.5, 0.6) is 5.75 Å². The number of allylic oxidation sites excluding steroid dienone is 1. The van der Waals surface area contributed by atoms with Gasteiger partial charge in [-0.15, -0.1) is 17.9 Å². The molecule has 0 aliphatic carbocycles. The first-order chi connectivity index (χ1) is 12.9. The summed E-state index contributed by atoms with van der Waals surface area (Å²) in [5.74, 6) is -0.0445. The number of aliphatic hydroxyl groups excluding tert-OH is 2. The summed E-state index contributed by atoms with van der Waals surface area (Å²) >= 11 is 1.49. The van der Waals surface area contributed by atoms with Crippen LogP contribution in [-0.2, 0) is 0 Å². The van der Waals surface area contributed by atoms with Gasteiger partial charge < -0.3 is 15.3 Å². The van der Waals surface area contributed by atoms with Gasteiger partial charge in [0, 0.05) is 10.8 Å². The average Bonchev–Trinajstić information content (AvgIpc) is 3.18. The summed E-state index contributed by atoms with van der Waals surface area (Å²) < 4.78 is 0. The Balaban J connectivity index is 2.06. The van der Waals surface area contributed by atoms with Crippen LogP contribution in [-0.4, -0.2) is 21.4 Å². The van der Waals surface area contributed by atoms with Crippen LogP contribution in [0.15, 0.2) is 47.9 Å². The third-order valence-electron chi connectivity index (χ3n) is 5.02. The van der Waals surface area contributed by atoms with E-state index in [1.807, 2.05) is 43.5 Å². The second-order valence-corrected chi connectivity index (χ2v) is 8.02. The minimum atomic E-state index is -0.728. The summed E-state index contributed by atoms with van der Waals surface area (Å²) in [5.41, 5.74) is 4.02. The first kappa shape index (κ1) is 21.4. The van der Waals surface area contributed by atoms with Crippen molar-refractivity contribution in [3.63, 3.8) is 0 Å². The summed E-state index contributed by atoms with van der Waals surface area (Å²) in [6, 6.07) is 7.73. The van der Waals surface area contributed by atoms with Crippen LogP contribution in [0.3, 0.4) is 0 Å². The molecule has 146 valence electrons.